The Kier molecular flexibility index (Phi) is 7.73. The quantitative estimate of drug-likeness (QED) is 0.519. The predicted octanol–water partition coefficient (Wildman–Crippen LogP) is 5.37. The highest BCUT2D eigenvalue weighted by Gasteiger charge is 2.58. The van der Waals surface area contributed by atoms with E-state index >= 15 is 0 Å². The van der Waals surface area contributed by atoms with Crippen LogP contribution >= 0.6 is 11.6 Å². The van der Waals surface area contributed by atoms with Gasteiger partial charge < -0.3 is 15.4 Å². The summed E-state index contributed by atoms with van der Waals surface area (Å²) in [5.41, 5.74) is -2.78. The van der Waals surface area contributed by atoms with E-state index in [0.717, 1.165) is 29.7 Å². The van der Waals surface area contributed by atoms with Gasteiger partial charge in [0.25, 0.3) is 11.6 Å². The Morgan fingerprint density at radius 1 is 1.15 bits per heavy atom. The highest BCUT2D eigenvalue weighted by Crippen LogP contribution is 2.40. The summed E-state index contributed by atoms with van der Waals surface area (Å²) in [5, 5.41) is 5.94. The van der Waals surface area contributed by atoms with E-state index in [9.17, 15) is 18.0 Å². The van der Waals surface area contributed by atoms with E-state index < -0.39 is 29.5 Å². The minimum Gasteiger partial charge on any atom is -0.353 e. The summed E-state index contributed by atoms with van der Waals surface area (Å²) in [6.07, 6.45) is -1.55. The van der Waals surface area contributed by atoms with Gasteiger partial charge in [-0.2, -0.15) is 13.2 Å². The third kappa shape index (κ3) is 5.98. The second kappa shape index (κ2) is 10.2. The highest BCUT2D eigenvalue weighted by atomic mass is 35.5. The first-order valence-electron chi connectivity index (χ1n) is 10.8. The normalized spacial score (nSPS) is 19.9. The minimum absolute atomic E-state index is 0.143. The van der Waals surface area contributed by atoms with Gasteiger partial charge in [0, 0.05) is 23.2 Å². The molecule has 0 fully saturated rings. The van der Waals surface area contributed by atoms with E-state index in [2.05, 4.69) is 15.6 Å². The molecule has 3 atom stereocenters. The predicted molar refractivity (Wildman–Crippen MR) is 127 cm³/mol. The Labute approximate surface area is 202 Å². The van der Waals surface area contributed by atoms with Gasteiger partial charge in [0.1, 0.15) is 5.60 Å². The van der Waals surface area contributed by atoms with E-state index in [4.69, 9.17) is 16.3 Å². The van der Waals surface area contributed by atoms with E-state index in [1.165, 1.54) is 13.8 Å². The van der Waals surface area contributed by atoms with E-state index in [-0.39, 0.29) is 5.92 Å². The molecular formula is C25H27ClF3N3O2. The van der Waals surface area contributed by atoms with Gasteiger partial charge in [-0.05, 0) is 56.5 Å². The number of ether oxygens (including phenoxy) is 1. The average molecular weight is 494 g/mol. The lowest BCUT2D eigenvalue weighted by molar-refractivity contribution is -0.278. The third-order valence-electron chi connectivity index (χ3n) is 5.66. The van der Waals surface area contributed by atoms with Crippen LogP contribution in [0.2, 0.25) is 5.02 Å². The molecule has 0 bridgehead atoms. The molecule has 2 aromatic rings. The first-order valence-corrected chi connectivity index (χ1v) is 11.2. The number of nitrogens with one attached hydrogen (secondary N) is 2. The molecule has 2 N–H and O–H groups in total. The molecular weight excluding hydrogens is 467 g/mol. The number of amides is 1. The topological polar surface area (TPSA) is 62.7 Å². The zero-order chi connectivity index (χ0) is 25.0. The molecule has 0 spiro atoms. The van der Waals surface area contributed by atoms with E-state index in [0.29, 0.717) is 11.4 Å². The average Bonchev–Trinajstić information content (AvgIpc) is 2.78. The fourth-order valence-electron chi connectivity index (χ4n) is 3.74. The Morgan fingerprint density at radius 2 is 1.79 bits per heavy atom. The number of rotatable bonds is 8. The molecule has 1 aliphatic heterocycles. The van der Waals surface area contributed by atoms with Gasteiger partial charge in [-0.1, -0.05) is 54.1 Å². The van der Waals surface area contributed by atoms with Crippen LogP contribution in [0, 0.1) is 0 Å². The number of carbonyl (C=O) groups is 1. The third-order valence-corrected chi connectivity index (χ3v) is 5.91. The van der Waals surface area contributed by atoms with Crippen LogP contribution in [0.15, 0.2) is 71.9 Å². The summed E-state index contributed by atoms with van der Waals surface area (Å²) in [5.74, 6) is -0.821. The molecule has 0 aliphatic carbocycles. The van der Waals surface area contributed by atoms with Crippen LogP contribution < -0.4 is 10.6 Å². The number of carbonyl (C=O) groups excluding carboxylic acids is 1. The summed E-state index contributed by atoms with van der Waals surface area (Å²) in [6, 6.07) is 16.6. The maximum atomic E-state index is 13.8. The summed E-state index contributed by atoms with van der Waals surface area (Å²) < 4.78 is 46.8. The van der Waals surface area contributed by atoms with Crippen LogP contribution in [0.4, 0.5) is 13.2 Å². The van der Waals surface area contributed by atoms with Crippen molar-refractivity contribution in [3.05, 3.63) is 83.0 Å². The molecule has 182 valence electrons. The molecule has 3 rings (SSSR count). The zero-order valence-electron chi connectivity index (χ0n) is 19.1. The van der Waals surface area contributed by atoms with Gasteiger partial charge >= 0.3 is 6.18 Å². The summed E-state index contributed by atoms with van der Waals surface area (Å²) in [4.78, 5) is 16.6. The van der Waals surface area contributed by atoms with Crippen molar-refractivity contribution in [2.45, 2.75) is 56.7 Å². The summed E-state index contributed by atoms with van der Waals surface area (Å²) >= 11 is 6.00. The molecule has 1 aliphatic rings. The number of hydrogen-bond donors (Lipinski definition) is 2. The lowest BCUT2D eigenvalue weighted by atomic mass is 9.86. The van der Waals surface area contributed by atoms with E-state index in [1.54, 1.807) is 12.1 Å². The Morgan fingerprint density at radius 3 is 2.35 bits per heavy atom. The Bertz CT molecular complexity index is 1030. The van der Waals surface area contributed by atoms with E-state index in [1.807, 2.05) is 49.4 Å². The monoisotopic (exact) mass is 493 g/mol. The SMILES string of the molecule is C[C@H](NC(=O)C(C)(C)OC1(C(F)(F)F)C=CNC=N1)[C@@H](Cc1ccc(Cl)cc1)c1ccccc1. The van der Waals surface area contributed by atoms with Crippen LogP contribution in [0.5, 0.6) is 0 Å². The van der Waals surface area contributed by atoms with Crippen molar-refractivity contribution >= 4 is 23.8 Å². The first-order chi connectivity index (χ1) is 15.9. The summed E-state index contributed by atoms with van der Waals surface area (Å²) in [7, 11) is 0. The molecule has 0 aromatic heterocycles. The van der Waals surface area contributed by atoms with Crippen molar-refractivity contribution in [3.63, 3.8) is 0 Å². The van der Waals surface area contributed by atoms with Crippen molar-refractivity contribution in [2.24, 2.45) is 4.99 Å². The maximum Gasteiger partial charge on any atom is 0.442 e. The molecule has 1 amide bonds. The lowest BCUT2D eigenvalue weighted by Gasteiger charge is -2.38. The molecule has 1 heterocycles. The molecule has 0 saturated carbocycles. The Balaban J connectivity index is 1.81. The molecule has 34 heavy (non-hydrogen) atoms. The zero-order valence-corrected chi connectivity index (χ0v) is 19.8. The van der Waals surface area contributed by atoms with Crippen molar-refractivity contribution in [1.29, 1.82) is 0 Å². The van der Waals surface area contributed by atoms with Crippen molar-refractivity contribution in [2.75, 3.05) is 0 Å². The molecule has 0 saturated heterocycles. The fourth-order valence-corrected chi connectivity index (χ4v) is 3.87. The van der Waals surface area contributed by atoms with Crippen molar-refractivity contribution in [3.8, 4) is 0 Å². The number of alkyl halides is 3. The standard InChI is InChI=1S/C25H27ClF3N3O2/c1-17(21(19-7-5-4-6-8-19)15-18-9-11-20(26)12-10-18)32-22(33)23(2,3)34-24(25(27,28)29)13-14-30-16-31-24/h4-14,16-17,21H,15H2,1-3H3,(H,30,31)(H,32,33)/t17-,21+,24?/m0/s1. The maximum absolute atomic E-state index is 13.8. The van der Waals surface area contributed by atoms with Crippen molar-refractivity contribution in [1.82, 2.24) is 10.6 Å². The summed E-state index contributed by atoms with van der Waals surface area (Å²) in [6.45, 7) is 4.42. The smallest absolute Gasteiger partial charge is 0.353 e. The molecule has 0 radical (unpaired) electrons. The van der Waals surface area contributed by atoms with Gasteiger partial charge in [0.15, 0.2) is 0 Å². The van der Waals surface area contributed by atoms with Crippen molar-refractivity contribution < 1.29 is 22.7 Å². The van der Waals surface area contributed by atoms with Gasteiger partial charge in [-0.15, -0.1) is 0 Å². The minimum atomic E-state index is -4.85. The number of hydrogen-bond acceptors (Lipinski definition) is 4. The number of aliphatic imine (C=N–C) groups is 1. The van der Waals surface area contributed by atoms with Crippen LogP contribution in [-0.2, 0) is 16.0 Å². The second-order valence-electron chi connectivity index (χ2n) is 8.67. The van der Waals surface area contributed by atoms with Crippen LogP contribution in [0.3, 0.4) is 0 Å². The Hall–Kier alpha value is -2.84. The highest BCUT2D eigenvalue weighted by molar-refractivity contribution is 6.30. The van der Waals surface area contributed by atoms with Crippen LogP contribution in [0.1, 0.15) is 37.8 Å². The first kappa shape index (κ1) is 25.8. The van der Waals surface area contributed by atoms with Crippen LogP contribution in [-0.4, -0.2) is 35.8 Å². The van der Waals surface area contributed by atoms with Crippen LogP contribution in [0.25, 0.3) is 0 Å². The van der Waals surface area contributed by atoms with Gasteiger partial charge in [0.05, 0.1) is 6.34 Å². The van der Waals surface area contributed by atoms with Gasteiger partial charge in [-0.25, -0.2) is 4.99 Å². The number of benzene rings is 2. The number of nitrogens with zero attached hydrogens (tertiary/aromatic N) is 1. The largest absolute Gasteiger partial charge is 0.442 e. The molecule has 9 heteroatoms. The van der Waals surface area contributed by atoms with Gasteiger partial charge in [-0.3, -0.25) is 4.79 Å². The molecule has 2 aromatic carbocycles. The fraction of sp³-hybridized carbons (Fsp3) is 0.360. The number of halogens is 4. The lowest BCUT2D eigenvalue weighted by Crippen LogP contribution is -2.57. The molecule has 5 nitrogen and oxygen atoms in total. The second-order valence-corrected chi connectivity index (χ2v) is 9.11. The van der Waals surface area contributed by atoms with Gasteiger partial charge in [0.2, 0.25) is 0 Å². The molecule has 1 unspecified atom stereocenters.